The van der Waals surface area contributed by atoms with Crippen LogP contribution in [-0.2, 0) is 13.1 Å². The van der Waals surface area contributed by atoms with Gasteiger partial charge in [0.1, 0.15) is 11.4 Å². The van der Waals surface area contributed by atoms with Gasteiger partial charge in [-0.2, -0.15) is 0 Å². The molecule has 2 aromatic heterocycles. The molecule has 1 aliphatic heterocycles. The number of hydrogen-bond donors (Lipinski definition) is 1. The fraction of sp³-hybridized carbons (Fsp3) is 0.238. The van der Waals surface area contributed by atoms with Gasteiger partial charge >= 0.3 is 0 Å². The Hall–Kier alpha value is -3.48. The largest absolute Gasteiger partial charge is 0.349 e. The number of amides is 2. The summed E-state index contributed by atoms with van der Waals surface area (Å²) in [6.07, 6.45) is 4.92. The highest BCUT2D eigenvalue weighted by Gasteiger charge is 2.32. The molecule has 1 aliphatic rings. The minimum absolute atomic E-state index is 0.0329. The van der Waals surface area contributed by atoms with Crippen molar-refractivity contribution in [3.63, 3.8) is 0 Å². The van der Waals surface area contributed by atoms with Gasteiger partial charge in [0, 0.05) is 32.0 Å². The van der Waals surface area contributed by atoms with Gasteiger partial charge in [0.15, 0.2) is 0 Å². The molecule has 4 rings (SSSR count). The summed E-state index contributed by atoms with van der Waals surface area (Å²) < 4.78 is 1.94. The van der Waals surface area contributed by atoms with Crippen LogP contribution in [0.4, 0.5) is 0 Å². The second-order valence-corrected chi connectivity index (χ2v) is 6.87. The van der Waals surface area contributed by atoms with Crippen LogP contribution in [-0.4, -0.2) is 43.8 Å². The SMILES string of the molecule is Cc1cnc(C(=O)NCC2Cn3cccc3C(=O)N2Cc2ccccc2)cn1. The summed E-state index contributed by atoms with van der Waals surface area (Å²) in [5, 5.41) is 2.90. The van der Waals surface area contributed by atoms with Gasteiger partial charge in [-0.15, -0.1) is 0 Å². The van der Waals surface area contributed by atoms with Gasteiger partial charge in [0.2, 0.25) is 0 Å². The standard InChI is InChI=1S/C21H21N5O2/c1-15-10-23-18(12-22-15)20(27)24-11-17-14-25-9-5-8-19(25)21(28)26(17)13-16-6-3-2-4-7-16/h2-10,12,17H,11,13-14H2,1H3,(H,24,27). The predicted octanol–water partition coefficient (Wildman–Crippen LogP) is 2.04. The van der Waals surface area contributed by atoms with Gasteiger partial charge < -0.3 is 14.8 Å². The van der Waals surface area contributed by atoms with Gasteiger partial charge in [-0.1, -0.05) is 30.3 Å². The Labute approximate surface area is 163 Å². The first-order valence-electron chi connectivity index (χ1n) is 9.18. The Morgan fingerprint density at radius 2 is 1.96 bits per heavy atom. The molecule has 142 valence electrons. The Balaban J connectivity index is 1.51. The lowest BCUT2D eigenvalue weighted by Crippen LogP contribution is -2.52. The zero-order valence-corrected chi connectivity index (χ0v) is 15.6. The van der Waals surface area contributed by atoms with E-state index in [1.54, 1.807) is 6.20 Å². The molecule has 0 saturated carbocycles. The highest BCUT2D eigenvalue weighted by Crippen LogP contribution is 2.20. The third kappa shape index (κ3) is 3.64. The van der Waals surface area contributed by atoms with Crippen LogP contribution in [0.5, 0.6) is 0 Å². The molecular formula is C21H21N5O2. The van der Waals surface area contributed by atoms with E-state index in [0.717, 1.165) is 11.3 Å². The number of rotatable bonds is 5. The lowest BCUT2D eigenvalue weighted by atomic mass is 10.1. The zero-order valence-electron chi connectivity index (χ0n) is 15.6. The third-order valence-electron chi connectivity index (χ3n) is 4.87. The number of aromatic nitrogens is 3. The van der Waals surface area contributed by atoms with Crippen LogP contribution >= 0.6 is 0 Å². The number of benzene rings is 1. The summed E-state index contributed by atoms with van der Waals surface area (Å²) in [5.41, 5.74) is 2.74. The first-order valence-corrected chi connectivity index (χ1v) is 9.18. The summed E-state index contributed by atoms with van der Waals surface area (Å²) in [7, 11) is 0. The lowest BCUT2D eigenvalue weighted by Gasteiger charge is -2.37. The van der Waals surface area contributed by atoms with Crippen LogP contribution in [0, 0.1) is 6.92 Å². The molecule has 3 heterocycles. The van der Waals surface area contributed by atoms with Crippen LogP contribution in [0.1, 0.15) is 32.2 Å². The number of carbonyl (C=O) groups is 2. The molecule has 1 N–H and O–H groups in total. The van der Waals surface area contributed by atoms with E-state index in [0.29, 0.717) is 25.3 Å². The highest BCUT2D eigenvalue weighted by atomic mass is 16.2. The summed E-state index contributed by atoms with van der Waals surface area (Å²) in [6, 6.07) is 13.4. The fourth-order valence-electron chi connectivity index (χ4n) is 3.37. The maximum absolute atomic E-state index is 13.0. The van der Waals surface area contributed by atoms with Crippen molar-refractivity contribution in [1.29, 1.82) is 0 Å². The minimum atomic E-state index is -0.294. The fourth-order valence-corrected chi connectivity index (χ4v) is 3.37. The molecule has 0 bridgehead atoms. The number of fused-ring (bicyclic) bond motifs is 1. The van der Waals surface area contributed by atoms with Gasteiger partial charge in [0.25, 0.3) is 11.8 Å². The zero-order chi connectivity index (χ0) is 19.5. The number of aryl methyl sites for hydroxylation is 1. The first kappa shape index (κ1) is 17.9. The average Bonchev–Trinajstić information content (AvgIpc) is 3.19. The Morgan fingerprint density at radius 3 is 2.71 bits per heavy atom. The molecule has 3 aromatic rings. The van der Waals surface area contributed by atoms with E-state index < -0.39 is 0 Å². The molecule has 1 unspecified atom stereocenters. The average molecular weight is 375 g/mol. The molecule has 0 spiro atoms. The van der Waals surface area contributed by atoms with E-state index in [1.807, 2.05) is 65.1 Å². The maximum atomic E-state index is 13.0. The van der Waals surface area contributed by atoms with Crippen LogP contribution in [0.25, 0.3) is 0 Å². The molecule has 2 amide bonds. The van der Waals surface area contributed by atoms with Crippen molar-refractivity contribution in [2.45, 2.75) is 26.1 Å². The second kappa shape index (κ2) is 7.64. The van der Waals surface area contributed by atoms with E-state index in [2.05, 4.69) is 15.3 Å². The lowest BCUT2D eigenvalue weighted by molar-refractivity contribution is 0.0563. The van der Waals surface area contributed by atoms with Crippen LogP contribution in [0.3, 0.4) is 0 Å². The molecule has 0 radical (unpaired) electrons. The Kier molecular flexibility index (Phi) is 4.89. The quantitative estimate of drug-likeness (QED) is 0.740. The summed E-state index contributed by atoms with van der Waals surface area (Å²) in [5.74, 6) is -0.326. The first-order chi connectivity index (χ1) is 13.6. The monoisotopic (exact) mass is 375 g/mol. The van der Waals surface area contributed by atoms with Crippen LogP contribution in [0.15, 0.2) is 61.1 Å². The van der Waals surface area contributed by atoms with Gasteiger partial charge in [-0.05, 0) is 24.6 Å². The number of carbonyl (C=O) groups excluding carboxylic acids is 2. The molecule has 7 heteroatoms. The molecular weight excluding hydrogens is 354 g/mol. The molecule has 1 aromatic carbocycles. The molecule has 0 fully saturated rings. The van der Waals surface area contributed by atoms with Crippen molar-refractivity contribution in [3.8, 4) is 0 Å². The van der Waals surface area contributed by atoms with Crippen molar-refractivity contribution in [1.82, 2.24) is 24.8 Å². The topological polar surface area (TPSA) is 80.1 Å². The smallest absolute Gasteiger partial charge is 0.271 e. The van der Waals surface area contributed by atoms with E-state index in [1.165, 1.54) is 6.20 Å². The number of hydrogen-bond acceptors (Lipinski definition) is 4. The van der Waals surface area contributed by atoms with Crippen LogP contribution < -0.4 is 5.32 Å². The van der Waals surface area contributed by atoms with Gasteiger partial charge in [-0.25, -0.2) is 4.98 Å². The Bertz CT molecular complexity index is 982. The number of nitrogens with zero attached hydrogens (tertiary/aromatic N) is 4. The highest BCUT2D eigenvalue weighted by molar-refractivity contribution is 5.94. The van der Waals surface area contributed by atoms with E-state index in [-0.39, 0.29) is 23.6 Å². The minimum Gasteiger partial charge on any atom is -0.349 e. The van der Waals surface area contributed by atoms with Crippen molar-refractivity contribution < 1.29 is 9.59 Å². The molecule has 7 nitrogen and oxygen atoms in total. The summed E-state index contributed by atoms with van der Waals surface area (Å²) in [6.45, 7) is 3.28. The molecule has 0 aliphatic carbocycles. The van der Waals surface area contributed by atoms with Gasteiger partial charge in [-0.3, -0.25) is 14.6 Å². The van der Waals surface area contributed by atoms with Gasteiger partial charge in [0.05, 0.1) is 17.9 Å². The summed E-state index contributed by atoms with van der Waals surface area (Å²) >= 11 is 0. The normalized spacial score (nSPS) is 16.0. The summed E-state index contributed by atoms with van der Waals surface area (Å²) in [4.78, 5) is 35.5. The van der Waals surface area contributed by atoms with E-state index in [9.17, 15) is 9.59 Å². The molecule has 0 saturated heterocycles. The van der Waals surface area contributed by atoms with Crippen molar-refractivity contribution in [3.05, 3.63) is 83.7 Å². The van der Waals surface area contributed by atoms with E-state index in [4.69, 9.17) is 0 Å². The van der Waals surface area contributed by atoms with Crippen molar-refractivity contribution in [2.75, 3.05) is 6.54 Å². The van der Waals surface area contributed by atoms with Crippen molar-refractivity contribution >= 4 is 11.8 Å². The van der Waals surface area contributed by atoms with E-state index >= 15 is 0 Å². The second-order valence-electron chi connectivity index (χ2n) is 6.87. The van der Waals surface area contributed by atoms with Crippen molar-refractivity contribution in [2.24, 2.45) is 0 Å². The predicted molar refractivity (Wildman–Crippen MR) is 104 cm³/mol. The maximum Gasteiger partial charge on any atom is 0.271 e. The van der Waals surface area contributed by atoms with Crippen LogP contribution in [0.2, 0.25) is 0 Å². The third-order valence-corrected chi connectivity index (χ3v) is 4.87. The number of nitrogens with one attached hydrogen (secondary N) is 1. The molecule has 28 heavy (non-hydrogen) atoms. The Morgan fingerprint density at radius 1 is 1.14 bits per heavy atom. The molecule has 1 atom stereocenters.